The van der Waals surface area contributed by atoms with E-state index in [1.807, 2.05) is 62.2 Å². The van der Waals surface area contributed by atoms with Gasteiger partial charge in [-0.05, 0) is 50.2 Å². The lowest BCUT2D eigenvalue weighted by atomic mass is 9.73. The van der Waals surface area contributed by atoms with Gasteiger partial charge in [0.2, 0.25) is 0 Å². The molecule has 3 atom stereocenters. The van der Waals surface area contributed by atoms with Crippen LogP contribution in [0.1, 0.15) is 51.5 Å². The van der Waals surface area contributed by atoms with Gasteiger partial charge in [-0.3, -0.25) is 0 Å². The molecule has 3 heterocycles. The highest BCUT2D eigenvalue weighted by atomic mass is 35.5. The van der Waals surface area contributed by atoms with Crippen molar-refractivity contribution in [3.8, 4) is 0 Å². The van der Waals surface area contributed by atoms with Gasteiger partial charge in [-0.15, -0.1) is 0 Å². The lowest BCUT2D eigenvalue weighted by molar-refractivity contribution is 0.379. The number of nitrogens with zero attached hydrogens (tertiary/aromatic N) is 6. The number of hydrogen-bond acceptors (Lipinski definition) is 3. The summed E-state index contributed by atoms with van der Waals surface area (Å²) in [5.74, 6) is 0. The van der Waals surface area contributed by atoms with E-state index in [1.54, 1.807) is 0 Å². The van der Waals surface area contributed by atoms with Crippen LogP contribution >= 0.6 is 11.6 Å². The van der Waals surface area contributed by atoms with E-state index in [2.05, 4.69) is 163 Å². The predicted octanol–water partition coefficient (Wildman–Crippen LogP) is 11.5. The van der Waals surface area contributed by atoms with Gasteiger partial charge in [0.1, 0.15) is 0 Å². The van der Waals surface area contributed by atoms with E-state index in [0.29, 0.717) is 6.04 Å². The van der Waals surface area contributed by atoms with E-state index in [9.17, 15) is 0 Å². The normalized spacial score (nSPS) is 23.1. The monoisotopic (exact) mass is 734 g/mol. The second kappa shape index (κ2) is 19.6. The van der Waals surface area contributed by atoms with Crippen LogP contribution < -0.4 is 0 Å². The van der Waals surface area contributed by atoms with Gasteiger partial charge in [-0.1, -0.05) is 157 Å². The molecule has 3 aromatic rings. The first kappa shape index (κ1) is 38.3. The molecule has 0 spiro atoms. The van der Waals surface area contributed by atoms with Crippen LogP contribution in [0.3, 0.4) is 0 Å². The molecular formula is C47H51ClN6. The van der Waals surface area contributed by atoms with Gasteiger partial charge in [0.15, 0.2) is 0 Å². The van der Waals surface area contributed by atoms with Crippen LogP contribution in [0.4, 0.5) is 0 Å². The minimum absolute atomic E-state index is 0.0158. The zero-order valence-electron chi connectivity index (χ0n) is 31.2. The van der Waals surface area contributed by atoms with Gasteiger partial charge in [0.25, 0.3) is 0 Å². The Labute approximate surface area is 326 Å². The first-order valence-electron chi connectivity index (χ1n) is 19.0. The summed E-state index contributed by atoms with van der Waals surface area (Å²) in [6.45, 7) is 4.04. The molecule has 6 nitrogen and oxygen atoms in total. The first-order chi connectivity index (χ1) is 26.6. The van der Waals surface area contributed by atoms with Gasteiger partial charge in [-0.25, -0.2) is 15.0 Å². The molecule has 0 aromatic carbocycles. The molecule has 5 aliphatic carbocycles. The molecule has 54 heavy (non-hydrogen) atoms. The van der Waals surface area contributed by atoms with Crippen LogP contribution in [0.25, 0.3) is 0 Å². The molecule has 3 aromatic heterocycles. The van der Waals surface area contributed by atoms with Crippen LogP contribution in [0.2, 0.25) is 0 Å². The Morgan fingerprint density at radius 2 is 1.19 bits per heavy atom. The Hall–Kier alpha value is -5.46. The molecule has 5 aliphatic rings. The molecule has 0 saturated carbocycles. The van der Waals surface area contributed by atoms with Crippen molar-refractivity contribution in [2.75, 3.05) is 0 Å². The summed E-state index contributed by atoms with van der Waals surface area (Å²) in [6, 6.07) is 0.444. The number of aromatic nitrogens is 6. The highest BCUT2D eigenvalue weighted by Crippen LogP contribution is 2.42. The SMILES string of the molecule is C1=CC=C(C2(Cn3ccnc3)C=CC=CC2)CC=C1.CCC(C1=CC=CC=CC1)n1ccnc1.ClC1=CCC(Cn2ccnc2)(C2=CC=CC=CC2)C=C1. The van der Waals surface area contributed by atoms with Crippen LogP contribution in [-0.2, 0) is 13.1 Å². The highest BCUT2D eigenvalue weighted by Gasteiger charge is 2.33. The molecule has 3 unspecified atom stereocenters. The second-order valence-electron chi connectivity index (χ2n) is 14.0. The maximum atomic E-state index is 6.10. The second-order valence-corrected chi connectivity index (χ2v) is 14.4. The Balaban J connectivity index is 0.000000140. The zero-order valence-corrected chi connectivity index (χ0v) is 31.9. The highest BCUT2D eigenvalue weighted by molar-refractivity contribution is 6.31. The molecule has 0 fully saturated rings. The maximum absolute atomic E-state index is 6.10. The zero-order chi connectivity index (χ0) is 37.3. The van der Waals surface area contributed by atoms with E-state index in [1.165, 1.54) is 16.7 Å². The standard InChI is InChI=1S/C17H17ClN2.C17H18N2.C13H16N2/c18-16-7-9-17(10-8-16,13-20-12-11-19-14-20)15-5-3-1-2-4-6-15;1-2-5-9-16(8-4-1)17(10-6-3-7-11-17)14-19-13-12-18-15-19;1-2-13(15-10-9-14-11-15)12-7-5-3-4-6-8-12/h1-5,7-9,11-12,14H,6,10,13H2;1-8,10,12-13,15H,9,11,14H2;3-7,9-11,13H,2,8H2,1H3. The number of halogens is 1. The van der Waals surface area contributed by atoms with Gasteiger partial charge < -0.3 is 13.7 Å². The summed E-state index contributed by atoms with van der Waals surface area (Å²) in [5, 5.41) is 0.826. The van der Waals surface area contributed by atoms with E-state index in [0.717, 1.165) is 56.6 Å². The number of rotatable bonds is 9. The molecule has 0 saturated heterocycles. The fraction of sp³-hybridized carbons (Fsp3) is 0.255. The fourth-order valence-electron chi connectivity index (χ4n) is 7.50. The predicted molar refractivity (Wildman–Crippen MR) is 224 cm³/mol. The minimum Gasteiger partial charge on any atom is -0.336 e. The number of allylic oxidation sites excluding steroid dienone is 26. The first-order valence-corrected chi connectivity index (χ1v) is 19.3. The topological polar surface area (TPSA) is 53.5 Å². The maximum Gasteiger partial charge on any atom is 0.0951 e. The molecule has 0 N–H and O–H groups in total. The minimum atomic E-state index is -0.0158. The molecule has 0 radical (unpaired) electrons. The third kappa shape index (κ3) is 10.4. The van der Waals surface area contributed by atoms with Crippen molar-refractivity contribution < 1.29 is 0 Å². The van der Waals surface area contributed by atoms with Crippen molar-refractivity contribution in [2.24, 2.45) is 10.8 Å². The number of hydrogen-bond donors (Lipinski definition) is 0. The van der Waals surface area contributed by atoms with Crippen LogP contribution in [-0.4, -0.2) is 28.7 Å². The fourth-order valence-corrected chi connectivity index (χ4v) is 7.64. The van der Waals surface area contributed by atoms with Gasteiger partial charge in [0, 0.05) is 66.1 Å². The Bertz CT molecular complexity index is 2040. The summed E-state index contributed by atoms with van der Waals surface area (Å²) in [7, 11) is 0. The van der Waals surface area contributed by atoms with Gasteiger partial charge in [0.05, 0.1) is 25.0 Å². The quantitative estimate of drug-likeness (QED) is 0.220. The van der Waals surface area contributed by atoms with Crippen molar-refractivity contribution in [1.82, 2.24) is 28.7 Å². The van der Waals surface area contributed by atoms with Crippen LogP contribution in [0.5, 0.6) is 0 Å². The molecule has 8 rings (SSSR count). The van der Waals surface area contributed by atoms with E-state index in [4.69, 9.17) is 11.6 Å². The van der Waals surface area contributed by atoms with Crippen LogP contribution in [0, 0.1) is 10.8 Å². The Kier molecular flexibility index (Phi) is 13.9. The summed E-state index contributed by atoms with van der Waals surface area (Å²) in [5.41, 5.74) is 4.38. The summed E-state index contributed by atoms with van der Waals surface area (Å²) >= 11 is 6.10. The lowest BCUT2D eigenvalue weighted by Gasteiger charge is -2.34. The Morgan fingerprint density at radius 1 is 0.611 bits per heavy atom. The summed E-state index contributed by atoms with van der Waals surface area (Å²) in [4.78, 5) is 12.4. The molecule has 276 valence electrons. The molecule has 0 bridgehead atoms. The summed E-state index contributed by atoms with van der Waals surface area (Å²) < 4.78 is 6.48. The molecule has 0 aliphatic heterocycles. The van der Waals surface area contributed by atoms with Gasteiger partial charge in [-0.2, -0.15) is 0 Å². The number of imidazole rings is 3. The van der Waals surface area contributed by atoms with Crippen molar-refractivity contribution in [3.05, 3.63) is 212 Å². The van der Waals surface area contributed by atoms with E-state index < -0.39 is 0 Å². The van der Waals surface area contributed by atoms with Crippen molar-refractivity contribution in [1.29, 1.82) is 0 Å². The third-order valence-electron chi connectivity index (χ3n) is 10.4. The molecular weight excluding hydrogens is 684 g/mol. The average Bonchev–Trinajstić information content (AvgIpc) is 3.88. The molecule has 0 amide bonds. The largest absolute Gasteiger partial charge is 0.336 e. The molecule has 7 heteroatoms. The lowest BCUT2D eigenvalue weighted by Crippen LogP contribution is -2.27. The summed E-state index contributed by atoms with van der Waals surface area (Å²) in [6.07, 6.45) is 70.9. The van der Waals surface area contributed by atoms with E-state index in [-0.39, 0.29) is 10.8 Å². The van der Waals surface area contributed by atoms with E-state index >= 15 is 0 Å². The third-order valence-corrected chi connectivity index (χ3v) is 10.7. The van der Waals surface area contributed by atoms with Crippen LogP contribution in [0.15, 0.2) is 212 Å². The van der Waals surface area contributed by atoms with Crippen molar-refractivity contribution in [2.45, 2.75) is 64.6 Å². The average molecular weight is 735 g/mol. The van der Waals surface area contributed by atoms with Crippen molar-refractivity contribution >= 4 is 11.6 Å². The Morgan fingerprint density at radius 3 is 1.70 bits per heavy atom. The smallest absolute Gasteiger partial charge is 0.0951 e. The van der Waals surface area contributed by atoms with Gasteiger partial charge >= 0.3 is 0 Å². The van der Waals surface area contributed by atoms with Crippen molar-refractivity contribution in [3.63, 3.8) is 0 Å².